The van der Waals surface area contributed by atoms with Crippen LogP contribution >= 0.6 is 0 Å². The van der Waals surface area contributed by atoms with Gasteiger partial charge in [-0.1, -0.05) is 13.8 Å². The third kappa shape index (κ3) is 5.03. The van der Waals surface area contributed by atoms with E-state index in [1.807, 2.05) is 0 Å². The van der Waals surface area contributed by atoms with Gasteiger partial charge in [0.15, 0.2) is 5.60 Å². The van der Waals surface area contributed by atoms with Crippen molar-refractivity contribution in [2.24, 2.45) is 11.7 Å². The van der Waals surface area contributed by atoms with Crippen LogP contribution in [-0.4, -0.2) is 29.6 Å². The van der Waals surface area contributed by atoms with E-state index in [1.54, 1.807) is 13.8 Å². The van der Waals surface area contributed by atoms with Crippen LogP contribution in [0.15, 0.2) is 0 Å². The van der Waals surface area contributed by atoms with Crippen molar-refractivity contribution in [2.45, 2.75) is 51.9 Å². The Bertz CT molecular complexity index is 324. The van der Waals surface area contributed by atoms with E-state index in [-0.39, 0.29) is 12.3 Å². The summed E-state index contributed by atoms with van der Waals surface area (Å²) in [6.45, 7) is 5.39. The van der Waals surface area contributed by atoms with Crippen LogP contribution in [0.2, 0.25) is 0 Å². The topological polar surface area (TPSA) is 69.4 Å². The molecule has 1 unspecified atom stereocenters. The van der Waals surface area contributed by atoms with Gasteiger partial charge < -0.3 is 10.5 Å². The minimum Gasteiger partial charge on any atom is -0.450 e. The molecule has 1 atom stereocenters. The maximum absolute atomic E-state index is 12.2. The fraction of sp³-hybridized carbons (Fsp3) is 0.818. The lowest BCUT2D eigenvalue weighted by molar-refractivity contribution is -0.195. The molecular formula is C11H18F3NO3. The Balaban J connectivity index is 4.68. The quantitative estimate of drug-likeness (QED) is 0.773. The van der Waals surface area contributed by atoms with Gasteiger partial charge >= 0.3 is 12.1 Å². The number of carbonyl (C=O) groups is 2. The van der Waals surface area contributed by atoms with Gasteiger partial charge in [-0.3, -0.25) is 9.59 Å². The second-order valence-corrected chi connectivity index (χ2v) is 4.99. The monoisotopic (exact) mass is 269 g/mol. The fourth-order valence-electron chi connectivity index (χ4n) is 1.32. The third-order valence-electron chi connectivity index (χ3n) is 2.19. The van der Waals surface area contributed by atoms with E-state index in [1.165, 1.54) is 0 Å². The molecule has 0 aromatic heterocycles. The maximum atomic E-state index is 12.2. The number of carbonyl (C=O) groups excluding carboxylic acids is 2. The molecule has 106 valence electrons. The first-order valence-electron chi connectivity index (χ1n) is 5.48. The predicted octanol–water partition coefficient (Wildman–Crippen LogP) is 1.81. The molecule has 0 saturated heterocycles. The summed E-state index contributed by atoms with van der Waals surface area (Å²) in [5.74, 6) is -3.03. The van der Waals surface area contributed by atoms with Gasteiger partial charge in [-0.15, -0.1) is 0 Å². The van der Waals surface area contributed by atoms with E-state index in [9.17, 15) is 22.8 Å². The number of ketones is 1. The number of esters is 1. The summed E-state index contributed by atoms with van der Waals surface area (Å²) >= 11 is 0. The largest absolute Gasteiger partial charge is 0.454 e. The molecule has 0 saturated carbocycles. The van der Waals surface area contributed by atoms with E-state index < -0.39 is 29.6 Å². The lowest BCUT2D eigenvalue weighted by Gasteiger charge is -2.26. The summed E-state index contributed by atoms with van der Waals surface area (Å²) in [4.78, 5) is 22.5. The fourth-order valence-corrected chi connectivity index (χ4v) is 1.32. The Hall–Kier alpha value is -1.11. The van der Waals surface area contributed by atoms with Crippen LogP contribution in [0.3, 0.4) is 0 Å². The van der Waals surface area contributed by atoms with Gasteiger partial charge in [0.05, 0.1) is 0 Å². The number of rotatable bonds is 5. The molecule has 7 heteroatoms. The van der Waals surface area contributed by atoms with Gasteiger partial charge in [-0.25, -0.2) is 0 Å². The van der Waals surface area contributed by atoms with Crippen molar-refractivity contribution in [3.63, 3.8) is 0 Å². The lowest BCUT2D eigenvalue weighted by atomic mass is 10.0. The van der Waals surface area contributed by atoms with Gasteiger partial charge in [0.2, 0.25) is 0 Å². The van der Waals surface area contributed by atoms with E-state index in [2.05, 4.69) is 4.74 Å². The van der Waals surface area contributed by atoms with E-state index in [4.69, 9.17) is 5.73 Å². The SMILES string of the molecule is CC(C)CC(N)C(=O)OC(C)(C)C(=O)C(F)(F)F. The first-order chi connectivity index (χ1) is 7.88. The minimum absolute atomic E-state index is 0.0916. The maximum Gasteiger partial charge on any atom is 0.454 e. The Morgan fingerprint density at radius 1 is 1.22 bits per heavy atom. The Morgan fingerprint density at radius 2 is 1.67 bits per heavy atom. The first-order valence-corrected chi connectivity index (χ1v) is 5.48. The summed E-state index contributed by atoms with van der Waals surface area (Å²) in [5.41, 5.74) is 3.21. The van der Waals surface area contributed by atoms with Crippen molar-refractivity contribution in [2.75, 3.05) is 0 Å². The standard InChI is InChI=1S/C11H18F3NO3/c1-6(2)5-7(15)8(16)18-10(3,4)9(17)11(12,13)14/h6-7H,5,15H2,1-4H3. The van der Waals surface area contributed by atoms with Crippen molar-refractivity contribution >= 4 is 11.8 Å². The molecule has 0 aromatic rings. The number of Topliss-reactive ketones (excluding diaryl/α,β-unsaturated/α-hetero) is 1. The number of hydrogen-bond acceptors (Lipinski definition) is 4. The minimum atomic E-state index is -5.05. The van der Waals surface area contributed by atoms with Crippen LogP contribution in [0.5, 0.6) is 0 Å². The van der Waals surface area contributed by atoms with Crippen molar-refractivity contribution in [1.82, 2.24) is 0 Å². The van der Waals surface area contributed by atoms with Gasteiger partial charge in [0, 0.05) is 0 Å². The molecule has 0 rings (SSSR count). The molecular weight excluding hydrogens is 251 g/mol. The molecule has 0 amide bonds. The smallest absolute Gasteiger partial charge is 0.450 e. The summed E-state index contributed by atoms with van der Waals surface area (Å²) in [6, 6.07) is -1.04. The van der Waals surface area contributed by atoms with Crippen LogP contribution in [0.4, 0.5) is 13.2 Å². The number of alkyl halides is 3. The number of nitrogens with two attached hydrogens (primary N) is 1. The van der Waals surface area contributed by atoms with Crippen LogP contribution < -0.4 is 5.73 Å². The second kappa shape index (κ2) is 5.69. The zero-order valence-electron chi connectivity index (χ0n) is 10.8. The zero-order valence-corrected chi connectivity index (χ0v) is 10.8. The molecule has 0 aliphatic heterocycles. The average Bonchev–Trinajstić information content (AvgIpc) is 2.13. The molecule has 0 spiro atoms. The molecule has 0 fully saturated rings. The van der Waals surface area contributed by atoms with Gasteiger partial charge in [0.25, 0.3) is 5.78 Å². The summed E-state index contributed by atoms with van der Waals surface area (Å²) < 4.78 is 41.3. The molecule has 4 nitrogen and oxygen atoms in total. The average molecular weight is 269 g/mol. The molecule has 0 heterocycles. The van der Waals surface area contributed by atoms with Crippen LogP contribution in [0.1, 0.15) is 34.1 Å². The Kier molecular flexibility index (Phi) is 5.34. The highest BCUT2D eigenvalue weighted by molar-refractivity contribution is 5.93. The highest BCUT2D eigenvalue weighted by Gasteiger charge is 2.50. The number of ether oxygens (including phenoxy) is 1. The normalized spacial score (nSPS) is 14.5. The molecule has 2 N–H and O–H groups in total. The van der Waals surface area contributed by atoms with Crippen LogP contribution in [0, 0.1) is 5.92 Å². The molecule has 0 bridgehead atoms. The zero-order chi connectivity index (χ0) is 14.7. The van der Waals surface area contributed by atoms with Crippen LogP contribution in [-0.2, 0) is 14.3 Å². The molecule has 0 aromatic carbocycles. The van der Waals surface area contributed by atoms with Gasteiger partial charge in [-0.05, 0) is 26.2 Å². The van der Waals surface area contributed by atoms with Crippen molar-refractivity contribution in [3.8, 4) is 0 Å². The summed E-state index contributed by atoms with van der Waals surface area (Å²) in [5, 5.41) is 0. The van der Waals surface area contributed by atoms with Crippen molar-refractivity contribution in [1.29, 1.82) is 0 Å². The van der Waals surface area contributed by atoms with Gasteiger partial charge in [-0.2, -0.15) is 13.2 Å². The summed E-state index contributed by atoms with van der Waals surface area (Å²) in [6.07, 6.45) is -4.78. The second-order valence-electron chi connectivity index (χ2n) is 4.99. The Morgan fingerprint density at radius 3 is 2.00 bits per heavy atom. The highest BCUT2D eigenvalue weighted by Crippen LogP contribution is 2.26. The van der Waals surface area contributed by atoms with Crippen molar-refractivity contribution in [3.05, 3.63) is 0 Å². The number of hydrogen-bond donors (Lipinski definition) is 1. The van der Waals surface area contributed by atoms with E-state index in [0.29, 0.717) is 0 Å². The molecule has 0 aliphatic rings. The van der Waals surface area contributed by atoms with E-state index >= 15 is 0 Å². The summed E-state index contributed by atoms with van der Waals surface area (Å²) in [7, 11) is 0. The molecule has 0 aliphatic carbocycles. The first kappa shape index (κ1) is 16.9. The number of halogens is 3. The lowest BCUT2D eigenvalue weighted by Crippen LogP contribution is -2.48. The molecule has 0 radical (unpaired) electrons. The highest BCUT2D eigenvalue weighted by atomic mass is 19.4. The third-order valence-corrected chi connectivity index (χ3v) is 2.19. The predicted molar refractivity (Wildman–Crippen MR) is 58.7 cm³/mol. The van der Waals surface area contributed by atoms with Crippen molar-refractivity contribution < 1.29 is 27.5 Å². The molecule has 18 heavy (non-hydrogen) atoms. The van der Waals surface area contributed by atoms with Crippen LogP contribution in [0.25, 0.3) is 0 Å². The Labute approximate surface area is 104 Å². The van der Waals surface area contributed by atoms with E-state index in [0.717, 1.165) is 13.8 Å². The van der Waals surface area contributed by atoms with Gasteiger partial charge in [0.1, 0.15) is 6.04 Å².